The van der Waals surface area contributed by atoms with E-state index in [0.717, 1.165) is 24.5 Å². The zero-order chi connectivity index (χ0) is 25.0. The van der Waals surface area contributed by atoms with Gasteiger partial charge in [0.15, 0.2) is 0 Å². The third kappa shape index (κ3) is 8.16. The molecule has 6 nitrogen and oxygen atoms in total. The summed E-state index contributed by atoms with van der Waals surface area (Å²) < 4.78 is 78.0. The number of amides is 1. The molecule has 1 amide bonds. The summed E-state index contributed by atoms with van der Waals surface area (Å²) >= 11 is 0. The fourth-order valence-electron chi connectivity index (χ4n) is 3.02. The van der Waals surface area contributed by atoms with Crippen LogP contribution in [0.2, 0.25) is 0 Å². The highest BCUT2D eigenvalue weighted by Gasteiger charge is 2.32. The maximum absolute atomic E-state index is 14.3. The standard InChI is InChI=1S/C22H25F4N3O3S/c1-13(2)9-18-16(5-7-19(28-18)22(24,25)26)6-8-20(30)27-12-15-10-14(3)21(17(23)11-15)29-33(4,31)32/h5-8,10-11,13,29H,9,12H2,1-4H3,(H,27,30). The largest absolute Gasteiger partial charge is 0.433 e. The van der Waals surface area contributed by atoms with Crippen molar-refractivity contribution in [3.05, 3.63) is 64.2 Å². The number of carbonyl (C=O) groups excluding carboxylic acids is 1. The molecule has 0 bridgehead atoms. The van der Waals surface area contributed by atoms with E-state index in [1.165, 1.54) is 25.1 Å². The maximum atomic E-state index is 14.3. The zero-order valence-corrected chi connectivity index (χ0v) is 19.4. The monoisotopic (exact) mass is 487 g/mol. The normalized spacial score (nSPS) is 12.4. The highest BCUT2D eigenvalue weighted by Crippen LogP contribution is 2.29. The van der Waals surface area contributed by atoms with Crippen LogP contribution in [0.25, 0.3) is 6.08 Å². The Hall–Kier alpha value is -2.95. The molecule has 33 heavy (non-hydrogen) atoms. The molecule has 1 heterocycles. The number of nitrogens with one attached hydrogen (secondary N) is 2. The number of nitrogens with zero attached hydrogens (tertiary/aromatic N) is 1. The van der Waals surface area contributed by atoms with Crippen LogP contribution in [0.5, 0.6) is 0 Å². The Morgan fingerprint density at radius 3 is 2.42 bits per heavy atom. The molecular weight excluding hydrogens is 462 g/mol. The van der Waals surface area contributed by atoms with Gasteiger partial charge in [0, 0.05) is 18.3 Å². The predicted molar refractivity (Wildman–Crippen MR) is 118 cm³/mol. The summed E-state index contributed by atoms with van der Waals surface area (Å²) in [6.07, 6.45) is -0.810. The van der Waals surface area contributed by atoms with Crippen LogP contribution in [0.4, 0.5) is 23.2 Å². The van der Waals surface area contributed by atoms with Crippen LogP contribution in [0.1, 0.15) is 41.9 Å². The lowest BCUT2D eigenvalue weighted by atomic mass is 10.0. The highest BCUT2D eigenvalue weighted by molar-refractivity contribution is 7.92. The van der Waals surface area contributed by atoms with E-state index < -0.39 is 33.6 Å². The second-order valence-electron chi connectivity index (χ2n) is 8.02. The number of halogens is 4. The first-order valence-corrected chi connectivity index (χ1v) is 11.8. The second kappa shape index (κ2) is 10.3. The number of hydrogen-bond acceptors (Lipinski definition) is 4. The van der Waals surface area contributed by atoms with Crippen LogP contribution in [0, 0.1) is 18.7 Å². The first kappa shape index (κ1) is 26.3. The summed E-state index contributed by atoms with van der Waals surface area (Å²) in [7, 11) is -3.65. The molecule has 0 unspecified atom stereocenters. The van der Waals surface area contributed by atoms with Gasteiger partial charge in [0.05, 0.1) is 11.9 Å². The fraction of sp³-hybridized carbons (Fsp3) is 0.364. The predicted octanol–water partition coefficient (Wildman–Crippen LogP) is 4.45. The molecular formula is C22H25F4N3O3S. The first-order valence-electron chi connectivity index (χ1n) is 9.95. The molecule has 2 rings (SSSR count). The van der Waals surface area contributed by atoms with Gasteiger partial charge in [0.2, 0.25) is 15.9 Å². The van der Waals surface area contributed by atoms with Crippen LogP contribution in [0.15, 0.2) is 30.3 Å². The molecule has 2 aromatic rings. The van der Waals surface area contributed by atoms with Crippen LogP contribution < -0.4 is 10.0 Å². The van der Waals surface area contributed by atoms with Crippen LogP contribution in [-0.4, -0.2) is 25.6 Å². The summed E-state index contributed by atoms with van der Waals surface area (Å²) in [5.41, 5.74) is 0.211. The van der Waals surface area contributed by atoms with Crippen molar-refractivity contribution >= 4 is 27.7 Å². The molecule has 0 saturated carbocycles. The number of rotatable bonds is 8. The van der Waals surface area contributed by atoms with Crippen molar-refractivity contribution in [1.29, 1.82) is 0 Å². The maximum Gasteiger partial charge on any atom is 0.433 e. The zero-order valence-electron chi connectivity index (χ0n) is 18.5. The Morgan fingerprint density at radius 2 is 1.88 bits per heavy atom. The Morgan fingerprint density at radius 1 is 1.21 bits per heavy atom. The van der Waals surface area contributed by atoms with Gasteiger partial charge in [0.1, 0.15) is 11.5 Å². The number of carbonyl (C=O) groups is 1. The van der Waals surface area contributed by atoms with Gasteiger partial charge in [-0.1, -0.05) is 26.0 Å². The average Bonchev–Trinajstić information content (AvgIpc) is 2.66. The Kier molecular flexibility index (Phi) is 8.23. The van der Waals surface area contributed by atoms with E-state index in [-0.39, 0.29) is 23.8 Å². The molecule has 180 valence electrons. The number of anilines is 1. The molecule has 11 heteroatoms. The SMILES string of the molecule is Cc1cc(CNC(=O)C=Cc2ccc(C(F)(F)F)nc2CC(C)C)cc(F)c1NS(C)(=O)=O. The van der Waals surface area contributed by atoms with Gasteiger partial charge in [-0.2, -0.15) is 13.2 Å². The lowest BCUT2D eigenvalue weighted by Gasteiger charge is -2.12. The lowest BCUT2D eigenvalue weighted by Crippen LogP contribution is -2.21. The summed E-state index contributed by atoms with van der Waals surface area (Å²) in [6, 6.07) is 4.76. The molecule has 1 aromatic carbocycles. The third-order valence-corrected chi connectivity index (χ3v) is 4.99. The van der Waals surface area contributed by atoms with Crippen molar-refractivity contribution < 1.29 is 30.8 Å². The summed E-state index contributed by atoms with van der Waals surface area (Å²) in [5, 5.41) is 2.56. The van der Waals surface area contributed by atoms with Crippen LogP contribution >= 0.6 is 0 Å². The van der Waals surface area contributed by atoms with Crippen molar-refractivity contribution in [2.24, 2.45) is 5.92 Å². The number of sulfonamides is 1. The number of aromatic nitrogens is 1. The topological polar surface area (TPSA) is 88.2 Å². The van der Waals surface area contributed by atoms with Crippen molar-refractivity contribution in [3.8, 4) is 0 Å². The van der Waals surface area contributed by atoms with E-state index in [1.54, 1.807) is 0 Å². The Bertz CT molecular complexity index is 1140. The number of hydrogen-bond donors (Lipinski definition) is 2. The molecule has 0 atom stereocenters. The molecule has 0 aliphatic carbocycles. The number of pyridine rings is 1. The van der Waals surface area contributed by atoms with E-state index >= 15 is 0 Å². The van der Waals surface area contributed by atoms with E-state index in [2.05, 4.69) is 15.0 Å². The fourth-order valence-corrected chi connectivity index (χ4v) is 3.65. The van der Waals surface area contributed by atoms with E-state index in [4.69, 9.17) is 0 Å². The van der Waals surface area contributed by atoms with E-state index in [1.807, 2.05) is 13.8 Å². The summed E-state index contributed by atoms with van der Waals surface area (Å²) in [6.45, 7) is 5.18. The van der Waals surface area contributed by atoms with Gasteiger partial charge < -0.3 is 5.32 Å². The van der Waals surface area contributed by atoms with Gasteiger partial charge in [-0.05, 0) is 54.2 Å². The van der Waals surface area contributed by atoms with E-state index in [0.29, 0.717) is 23.1 Å². The third-order valence-electron chi connectivity index (χ3n) is 4.42. The van der Waals surface area contributed by atoms with Gasteiger partial charge in [-0.3, -0.25) is 9.52 Å². The van der Waals surface area contributed by atoms with Crippen LogP contribution in [0.3, 0.4) is 0 Å². The molecule has 0 aliphatic heterocycles. The average molecular weight is 488 g/mol. The molecule has 0 aliphatic rings. The summed E-state index contributed by atoms with van der Waals surface area (Å²) in [4.78, 5) is 15.9. The van der Waals surface area contributed by atoms with Crippen molar-refractivity contribution in [2.45, 2.75) is 39.9 Å². The minimum absolute atomic E-state index is 0.0375. The van der Waals surface area contributed by atoms with Crippen molar-refractivity contribution in [3.63, 3.8) is 0 Å². The van der Waals surface area contributed by atoms with Gasteiger partial charge in [-0.15, -0.1) is 0 Å². The molecule has 0 fully saturated rings. The number of aryl methyl sites for hydroxylation is 1. The molecule has 2 N–H and O–H groups in total. The van der Waals surface area contributed by atoms with Gasteiger partial charge >= 0.3 is 6.18 Å². The van der Waals surface area contributed by atoms with E-state index in [9.17, 15) is 30.8 Å². The molecule has 0 saturated heterocycles. The van der Waals surface area contributed by atoms with Crippen molar-refractivity contribution in [2.75, 3.05) is 11.0 Å². The highest BCUT2D eigenvalue weighted by atomic mass is 32.2. The first-order chi connectivity index (χ1) is 15.2. The van der Waals surface area contributed by atoms with Crippen LogP contribution in [-0.2, 0) is 34.0 Å². The van der Waals surface area contributed by atoms with Crippen molar-refractivity contribution in [1.82, 2.24) is 10.3 Å². The second-order valence-corrected chi connectivity index (χ2v) is 9.77. The quantitative estimate of drug-likeness (QED) is 0.426. The minimum Gasteiger partial charge on any atom is -0.348 e. The lowest BCUT2D eigenvalue weighted by molar-refractivity contribution is -0.141. The summed E-state index contributed by atoms with van der Waals surface area (Å²) in [5.74, 6) is -1.27. The van der Waals surface area contributed by atoms with Gasteiger partial charge in [-0.25, -0.2) is 17.8 Å². The molecule has 1 aromatic heterocycles. The molecule has 0 radical (unpaired) electrons. The minimum atomic E-state index is -4.56. The number of benzene rings is 1. The van der Waals surface area contributed by atoms with Gasteiger partial charge in [0.25, 0.3) is 0 Å². The number of alkyl halides is 3. The Labute approximate surface area is 190 Å². The molecule has 0 spiro atoms. The smallest absolute Gasteiger partial charge is 0.348 e. The Balaban J connectivity index is 2.13.